The molecule has 8 heterocycles. The molecule has 6 fully saturated rings. The monoisotopic (exact) mass is 1670 g/mol. The highest BCUT2D eigenvalue weighted by Gasteiger charge is 2.56. The van der Waals surface area contributed by atoms with Gasteiger partial charge in [-0.15, -0.1) is 34.3 Å². The van der Waals surface area contributed by atoms with Crippen LogP contribution in [-0.2, 0) is 66.7 Å². The molecule has 8 rings (SSSR count). The minimum Gasteiger partial charge on any atom is -0.467 e. The summed E-state index contributed by atoms with van der Waals surface area (Å²) in [5.74, 6) is -21.3. The molecule has 0 radical (unpaired) electrons. The van der Waals surface area contributed by atoms with Gasteiger partial charge in [0.1, 0.15) is 46.6 Å². The zero-order chi connectivity index (χ0) is 85.2. The molecule has 29 nitrogen and oxygen atoms in total. The van der Waals surface area contributed by atoms with E-state index in [9.17, 15) is 119 Å². The molecular weight excluding hydrogens is 1580 g/mol. The number of likely N-dealkylation sites (tertiary alicyclic amines) is 4. The second kappa shape index (κ2) is 39.6. The van der Waals surface area contributed by atoms with E-state index in [1.54, 1.807) is 97.2 Å². The highest BCUT2D eigenvalue weighted by molar-refractivity contribution is 7.14. The number of aliphatic hydroxyl groups excluding tert-OH is 1. The molecule has 6 aliphatic rings. The lowest BCUT2D eigenvalue weighted by Crippen LogP contribution is -2.44. The van der Waals surface area contributed by atoms with Crippen molar-refractivity contribution in [3.8, 4) is 0 Å². The maximum atomic E-state index is 13.3. The third-order valence-corrected chi connectivity index (χ3v) is 16.5. The second-order valence-corrected chi connectivity index (χ2v) is 30.7. The predicted molar refractivity (Wildman–Crippen MR) is 364 cm³/mol. The summed E-state index contributed by atoms with van der Waals surface area (Å²) >= 11 is 8.21. The van der Waals surface area contributed by atoms with Gasteiger partial charge in [-0.1, -0.05) is 0 Å². The van der Waals surface area contributed by atoms with E-state index in [0.717, 1.165) is 32.1 Å². The normalized spacial score (nSPS) is 22.3. The first-order valence-corrected chi connectivity index (χ1v) is 35.1. The Labute approximate surface area is 636 Å². The summed E-state index contributed by atoms with van der Waals surface area (Å²) in [6.07, 6.45) is -16.9. The van der Waals surface area contributed by atoms with Gasteiger partial charge in [0, 0.05) is 63.4 Å². The Morgan fingerprint density at radius 2 is 0.845 bits per heavy atom. The Morgan fingerprint density at radius 3 is 1.15 bits per heavy atom. The van der Waals surface area contributed by atoms with Gasteiger partial charge in [0.05, 0.1) is 96.1 Å². The molecule has 0 saturated carbocycles. The number of halogens is 15. The molecule has 2 aromatic heterocycles. The van der Waals surface area contributed by atoms with Crippen molar-refractivity contribution in [1.82, 2.24) is 40.2 Å². The topological polar surface area (TPSA) is 359 Å². The van der Waals surface area contributed by atoms with Crippen LogP contribution in [-0.4, -0.2) is 269 Å². The molecule has 6 aliphatic heterocycles. The molecular formula is C64H91ClF14N10O19S2. The number of methoxy groups -OCH3 is 3. The van der Waals surface area contributed by atoms with Crippen LogP contribution in [0.15, 0.2) is 10.8 Å². The van der Waals surface area contributed by atoms with Crippen LogP contribution in [0.1, 0.15) is 145 Å². The maximum Gasteiger partial charge on any atom is 0.458 e. The van der Waals surface area contributed by atoms with Crippen molar-refractivity contribution in [2.45, 2.75) is 222 Å². The summed E-state index contributed by atoms with van der Waals surface area (Å²) < 4.78 is 205. The number of hydrogen-bond acceptors (Lipinski definition) is 27. The van der Waals surface area contributed by atoms with E-state index >= 15 is 0 Å². The Bertz CT molecular complexity index is 3340. The average Bonchev–Trinajstić information content (AvgIpc) is 1.66. The van der Waals surface area contributed by atoms with E-state index in [1.165, 1.54) is 41.8 Å². The van der Waals surface area contributed by atoms with Crippen LogP contribution in [0.3, 0.4) is 0 Å². The number of thiazole rings is 2. The van der Waals surface area contributed by atoms with Crippen molar-refractivity contribution in [1.29, 1.82) is 0 Å². The minimum absolute atomic E-state index is 0.00802. The molecule has 0 spiro atoms. The summed E-state index contributed by atoms with van der Waals surface area (Å²) in [4.78, 5) is 136. The first kappa shape index (κ1) is 98.3. The summed E-state index contributed by atoms with van der Waals surface area (Å²) in [7, 11) is 7.09. The summed E-state index contributed by atoms with van der Waals surface area (Å²) in [6.45, 7) is 18.0. The number of alkyl halides is 15. The molecule has 110 heavy (non-hydrogen) atoms. The highest BCUT2D eigenvalue weighted by Crippen LogP contribution is 2.39. The zero-order valence-corrected chi connectivity index (χ0v) is 65.2. The average molecular weight is 1670 g/mol. The third kappa shape index (κ3) is 33.3. The van der Waals surface area contributed by atoms with Crippen molar-refractivity contribution < 1.29 is 152 Å². The Morgan fingerprint density at radius 1 is 0.518 bits per heavy atom. The molecule has 4 amide bonds. The number of Topliss-reactive ketones (excluding diaryl/α,β-unsaturated/α-hetero) is 4. The lowest BCUT2D eigenvalue weighted by molar-refractivity contribution is -0.193. The van der Waals surface area contributed by atoms with Crippen molar-refractivity contribution in [2.75, 3.05) is 91.2 Å². The lowest BCUT2D eigenvalue weighted by Gasteiger charge is -2.27. The van der Waals surface area contributed by atoms with Gasteiger partial charge in [-0.3, -0.25) is 38.8 Å². The van der Waals surface area contributed by atoms with E-state index in [1.807, 2.05) is 10.8 Å². The number of carbonyl (C=O) groups is 11. The number of esters is 3. The van der Waals surface area contributed by atoms with Gasteiger partial charge in [0.2, 0.25) is 0 Å². The number of amides is 4. The fourth-order valence-corrected chi connectivity index (χ4v) is 11.5. The number of aliphatic hydroxyl groups is 1. The van der Waals surface area contributed by atoms with Crippen molar-refractivity contribution in [2.24, 2.45) is 0 Å². The molecule has 0 aliphatic carbocycles. The smallest absolute Gasteiger partial charge is 0.458 e. The quantitative estimate of drug-likeness (QED) is 0.0485. The van der Waals surface area contributed by atoms with Gasteiger partial charge < -0.3 is 59.5 Å². The Balaban J connectivity index is 0.000000437. The molecule has 0 unspecified atom stereocenters. The Hall–Kier alpha value is -7.78. The van der Waals surface area contributed by atoms with Crippen LogP contribution in [0.5, 0.6) is 0 Å². The molecule has 628 valence electrons. The van der Waals surface area contributed by atoms with Crippen molar-refractivity contribution in [3.05, 3.63) is 22.1 Å². The largest absolute Gasteiger partial charge is 0.467 e. The SMILES string of the molecule is CC(C)(C)OC(=O)N1CC(F)(F)C[C@@H]1C(=O)CCl.CNc1nc([C@H]2CC(F)(F)CN2)cs1.CNc1nc([C@H]2CC(F)(F)CN2)cs1.COC(=O)[C@H]1CC(=O)CN1C(=O)OC(C)(C)C.COC(=O)[C@H]1CC(F)(F)CN1C(=O)OC(C)(C)C.COC(=O)[C@H]1C[C@@H](O)CN1C(=O)OC(C)(C)C.O=C(C(=O)C(F)(F)F)C(F)(F)F. The number of nitrogens with one attached hydrogen (secondary N) is 4. The number of anilines is 2. The second-order valence-electron chi connectivity index (χ2n) is 28.7. The number of rotatable bonds is 10. The first-order valence-electron chi connectivity index (χ1n) is 32.9. The van der Waals surface area contributed by atoms with Crippen LogP contribution in [0, 0.1) is 0 Å². The number of β-amino-alcohol motifs (C(OH)–C–C–N with tert-alkyl or cyclic N) is 1. The van der Waals surface area contributed by atoms with E-state index in [4.69, 9.17) is 30.5 Å². The van der Waals surface area contributed by atoms with Crippen molar-refractivity contribution >= 4 is 110 Å². The van der Waals surface area contributed by atoms with Crippen molar-refractivity contribution in [3.63, 3.8) is 0 Å². The fourth-order valence-electron chi connectivity index (χ4n) is 9.86. The molecule has 0 aromatic carbocycles. The van der Waals surface area contributed by atoms with E-state index in [0.29, 0.717) is 11.4 Å². The van der Waals surface area contributed by atoms with Crippen LogP contribution < -0.4 is 21.3 Å². The fraction of sp³-hybridized carbons (Fsp3) is 0.734. The number of carbonyl (C=O) groups excluding carboxylic acids is 11. The summed E-state index contributed by atoms with van der Waals surface area (Å²) in [6, 6.07) is -4.72. The summed E-state index contributed by atoms with van der Waals surface area (Å²) in [5.41, 5.74) is -1.50. The maximum absolute atomic E-state index is 13.3. The van der Waals surface area contributed by atoms with Gasteiger partial charge in [-0.2, -0.15) is 26.3 Å². The standard InChI is InChI=1S/C11H16ClF2NO3.C11H17F2NO4.C11H19NO5.C11H17NO5.2C8H11F2N3S.C4F6O2/c1-10(2,3)18-9(17)15-6-11(13,14)4-7(15)8(16)5-12;1-10(2,3)18-9(16)14-6-11(12,13)5-7(14)8(15)17-4;2*1-11(2,3)17-10(15)12-6-7(13)5-8(12)9(14)16-4;2*1-11-7-13-6(3-14-7)5-2-8(9,10)4-12-5;5-3(6,7)1(11)2(12)4(8,9)10/h7H,4-6H2,1-3H3;7H,5-6H2,1-4H3;7-8,13H,5-6H2,1-4H3;8H,5-6H2,1-4H3;2*3,5,12H,2,4H2,1H3,(H,11,13);/t2*7-;7-,8-;8-;2*5-;/m111111./s1. The van der Waals surface area contributed by atoms with E-state index in [-0.39, 0.29) is 69.7 Å². The van der Waals surface area contributed by atoms with E-state index in [2.05, 4.69) is 45.4 Å². The predicted octanol–water partition coefficient (Wildman–Crippen LogP) is 10.5. The van der Waals surface area contributed by atoms with Gasteiger partial charge >= 0.3 is 66.2 Å². The number of aromatic nitrogens is 2. The molecule has 5 N–H and O–H groups in total. The molecule has 0 bridgehead atoms. The molecule has 7 atom stereocenters. The third-order valence-electron chi connectivity index (χ3n) is 14.5. The van der Waals surface area contributed by atoms with E-state index < -0.39 is 180 Å². The molecule has 2 aromatic rings. The molecule has 6 saturated heterocycles. The van der Waals surface area contributed by atoms with Crippen LogP contribution >= 0.6 is 34.3 Å². The minimum atomic E-state index is -5.77. The highest BCUT2D eigenvalue weighted by atomic mass is 35.5. The van der Waals surface area contributed by atoms with Gasteiger partial charge in [-0.05, 0) is 83.1 Å². The van der Waals surface area contributed by atoms with Gasteiger partial charge in [-0.25, -0.2) is 78.7 Å². The number of ether oxygens (including phenoxy) is 7. The zero-order valence-electron chi connectivity index (χ0n) is 62.9. The number of hydrogen-bond donors (Lipinski definition) is 5. The summed E-state index contributed by atoms with van der Waals surface area (Å²) in [5, 5.41) is 25.9. The Kier molecular flexibility index (Phi) is 35.4. The van der Waals surface area contributed by atoms with Gasteiger partial charge in [0.25, 0.3) is 23.7 Å². The molecule has 46 heteroatoms. The number of ketones is 4. The van der Waals surface area contributed by atoms with Crippen LogP contribution in [0.4, 0.5) is 90.9 Å². The lowest BCUT2D eigenvalue weighted by atomic mass is 10.1. The van der Waals surface area contributed by atoms with Gasteiger partial charge in [0.15, 0.2) is 21.8 Å². The first-order chi connectivity index (χ1) is 49.9. The number of nitrogens with zero attached hydrogens (tertiary/aromatic N) is 6. The van der Waals surface area contributed by atoms with Crippen LogP contribution in [0.2, 0.25) is 0 Å². The van der Waals surface area contributed by atoms with Crippen LogP contribution in [0.25, 0.3) is 0 Å².